The Hall–Kier alpha value is -1.30. The molecule has 0 aromatic carbocycles. The lowest BCUT2D eigenvalue weighted by atomic mass is 10.5. The largest absolute Gasteiger partial charge is 0.419 e. The molecule has 0 aliphatic heterocycles. The molecular weight excluding hydrogens is 176 g/mol. The zero-order valence-corrected chi connectivity index (χ0v) is 7.21. The minimum Gasteiger partial charge on any atom is -0.419 e. The van der Waals surface area contributed by atoms with Gasteiger partial charge in [-0.05, 0) is 11.5 Å². The van der Waals surface area contributed by atoms with E-state index in [4.69, 9.17) is 4.42 Å². The molecule has 2 rings (SSSR count). The summed E-state index contributed by atoms with van der Waals surface area (Å²) in [6, 6.07) is 0. The van der Waals surface area contributed by atoms with E-state index in [1.807, 2.05) is 6.92 Å². The average molecular weight is 182 g/mol. The molecule has 0 spiro atoms. The molecule has 12 heavy (non-hydrogen) atoms. The molecule has 0 aliphatic rings. The van der Waals surface area contributed by atoms with E-state index in [9.17, 15) is 0 Å². The Labute approximate surface area is 72.6 Å². The Kier molecular flexibility index (Phi) is 1.83. The Bertz CT molecular complexity index is 355. The number of nitrogens with zero attached hydrogens (tertiary/aromatic N) is 4. The van der Waals surface area contributed by atoms with Crippen molar-refractivity contribution in [2.24, 2.45) is 0 Å². The van der Waals surface area contributed by atoms with Crippen LogP contribution in [0.25, 0.3) is 11.6 Å². The lowest BCUT2D eigenvalue weighted by Gasteiger charge is -1.82. The van der Waals surface area contributed by atoms with Crippen LogP contribution in [0.3, 0.4) is 0 Å². The lowest BCUT2D eigenvalue weighted by Crippen LogP contribution is -1.77. The highest BCUT2D eigenvalue weighted by Gasteiger charge is 2.08. The number of aromatic nitrogens is 4. The first kappa shape index (κ1) is 7.35. The van der Waals surface area contributed by atoms with Crippen LogP contribution in [-0.4, -0.2) is 19.8 Å². The SMILES string of the molecule is CCc1nnc(-c2csnn2)o1. The van der Waals surface area contributed by atoms with Gasteiger partial charge in [-0.15, -0.1) is 15.3 Å². The lowest BCUT2D eigenvalue weighted by molar-refractivity contribution is 0.511. The van der Waals surface area contributed by atoms with E-state index in [2.05, 4.69) is 19.8 Å². The number of hydrogen-bond donors (Lipinski definition) is 0. The minimum absolute atomic E-state index is 0.445. The van der Waals surface area contributed by atoms with Crippen LogP contribution in [0.15, 0.2) is 9.80 Å². The highest BCUT2D eigenvalue weighted by molar-refractivity contribution is 7.03. The van der Waals surface area contributed by atoms with Crippen LogP contribution < -0.4 is 0 Å². The molecule has 0 unspecified atom stereocenters. The fourth-order valence-electron chi connectivity index (χ4n) is 0.758. The molecule has 0 saturated heterocycles. The van der Waals surface area contributed by atoms with Gasteiger partial charge in [0.2, 0.25) is 5.89 Å². The van der Waals surface area contributed by atoms with E-state index in [0.717, 1.165) is 6.42 Å². The standard InChI is InChI=1S/C6H6N4OS/c1-2-5-8-9-6(11-5)4-3-12-10-7-4/h3H,2H2,1H3. The molecule has 0 fully saturated rings. The number of hydrogen-bond acceptors (Lipinski definition) is 6. The second-order valence-electron chi connectivity index (χ2n) is 2.14. The Morgan fingerprint density at radius 1 is 1.42 bits per heavy atom. The first-order valence-electron chi connectivity index (χ1n) is 3.50. The summed E-state index contributed by atoms with van der Waals surface area (Å²) in [5.41, 5.74) is 0.646. The van der Waals surface area contributed by atoms with Crippen molar-refractivity contribution >= 4 is 11.5 Å². The first-order valence-corrected chi connectivity index (χ1v) is 4.33. The van der Waals surface area contributed by atoms with Crippen LogP contribution in [-0.2, 0) is 6.42 Å². The van der Waals surface area contributed by atoms with Gasteiger partial charge in [0.05, 0.1) is 0 Å². The van der Waals surface area contributed by atoms with Gasteiger partial charge in [-0.25, -0.2) is 0 Å². The van der Waals surface area contributed by atoms with Crippen LogP contribution in [0.1, 0.15) is 12.8 Å². The van der Waals surface area contributed by atoms with Crippen LogP contribution in [0, 0.1) is 0 Å². The van der Waals surface area contributed by atoms with Crippen molar-refractivity contribution < 1.29 is 4.42 Å². The Morgan fingerprint density at radius 3 is 2.92 bits per heavy atom. The maximum Gasteiger partial charge on any atom is 0.269 e. The van der Waals surface area contributed by atoms with Crippen molar-refractivity contribution in [1.82, 2.24) is 19.8 Å². The van der Waals surface area contributed by atoms with Crippen molar-refractivity contribution in [1.29, 1.82) is 0 Å². The molecule has 5 nitrogen and oxygen atoms in total. The van der Waals surface area contributed by atoms with Crippen LogP contribution in [0.2, 0.25) is 0 Å². The van der Waals surface area contributed by atoms with Gasteiger partial charge in [-0.3, -0.25) is 0 Å². The van der Waals surface area contributed by atoms with E-state index in [0.29, 0.717) is 17.5 Å². The predicted octanol–water partition coefficient (Wildman–Crippen LogP) is 1.15. The highest BCUT2D eigenvalue weighted by Crippen LogP contribution is 2.15. The first-order chi connectivity index (χ1) is 5.90. The molecule has 0 radical (unpaired) electrons. The molecule has 0 saturated carbocycles. The maximum atomic E-state index is 5.26. The summed E-state index contributed by atoms with van der Waals surface area (Å²) in [5.74, 6) is 1.07. The van der Waals surface area contributed by atoms with Crippen molar-refractivity contribution in [3.05, 3.63) is 11.3 Å². The Balaban J connectivity index is 2.35. The van der Waals surface area contributed by atoms with Crippen molar-refractivity contribution in [3.8, 4) is 11.6 Å². The van der Waals surface area contributed by atoms with Crippen molar-refractivity contribution in [3.63, 3.8) is 0 Å². The van der Waals surface area contributed by atoms with Gasteiger partial charge in [0.1, 0.15) is 0 Å². The summed E-state index contributed by atoms with van der Waals surface area (Å²) >= 11 is 1.26. The van der Waals surface area contributed by atoms with E-state index in [1.54, 1.807) is 5.38 Å². The summed E-state index contributed by atoms with van der Waals surface area (Å²) < 4.78 is 8.96. The minimum atomic E-state index is 0.445. The van der Waals surface area contributed by atoms with E-state index >= 15 is 0 Å². The average Bonchev–Trinajstić information content (AvgIpc) is 2.75. The molecule has 0 N–H and O–H groups in total. The number of rotatable bonds is 2. The zero-order valence-electron chi connectivity index (χ0n) is 6.39. The molecule has 0 amide bonds. The molecule has 2 heterocycles. The summed E-state index contributed by atoms with van der Waals surface area (Å²) in [5, 5.41) is 13.2. The molecule has 2 aromatic heterocycles. The third kappa shape index (κ3) is 1.20. The quantitative estimate of drug-likeness (QED) is 0.697. The summed E-state index contributed by atoms with van der Waals surface area (Å²) in [4.78, 5) is 0. The van der Waals surface area contributed by atoms with Gasteiger partial charge in [0, 0.05) is 11.8 Å². The molecule has 62 valence electrons. The third-order valence-corrected chi connectivity index (χ3v) is 1.85. The molecule has 0 atom stereocenters. The van der Waals surface area contributed by atoms with Gasteiger partial charge in [0.15, 0.2) is 5.69 Å². The van der Waals surface area contributed by atoms with Crippen LogP contribution >= 0.6 is 11.5 Å². The molecule has 2 aromatic rings. The monoisotopic (exact) mass is 182 g/mol. The zero-order chi connectivity index (χ0) is 8.39. The van der Waals surface area contributed by atoms with Crippen molar-refractivity contribution in [2.45, 2.75) is 13.3 Å². The van der Waals surface area contributed by atoms with Crippen molar-refractivity contribution in [2.75, 3.05) is 0 Å². The Morgan fingerprint density at radius 2 is 2.33 bits per heavy atom. The molecular formula is C6H6N4OS. The van der Waals surface area contributed by atoms with Gasteiger partial charge in [0.25, 0.3) is 5.89 Å². The third-order valence-electron chi connectivity index (χ3n) is 1.35. The normalized spacial score (nSPS) is 10.4. The van der Waals surface area contributed by atoms with Gasteiger partial charge in [-0.2, -0.15) is 0 Å². The highest BCUT2D eigenvalue weighted by atomic mass is 32.1. The van der Waals surface area contributed by atoms with E-state index in [-0.39, 0.29) is 0 Å². The smallest absolute Gasteiger partial charge is 0.269 e. The molecule has 6 heteroatoms. The topological polar surface area (TPSA) is 64.7 Å². The summed E-state index contributed by atoms with van der Waals surface area (Å²) in [6.45, 7) is 1.95. The second-order valence-corrected chi connectivity index (χ2v) is 2.75. The summed E-state index contributed by atoms with van der Waals surface area (Å²) in [7, 11) is 0. The molecule has 0 aliphatic carbocycles. The van der Waals surface area contributed by atoms with Gasteiger partial charge >= 0.3 is 0 Å². The van der Waals surface area contributed by atoms with Crippen LogP contribution in [0.4, 0.5) is 0 Å². The fraction of sp³-hybridized carbons (Fsp3) is 0.333. The maximum absolute atomic E-state index is 5.26. The fourth-order valence-corrected chi connectivity index (χ4v) is 1.19. The predicted molar refractivity (Wildman–Crippen MR) is 42.6 cm³/mol. The number of aryl methyl sites for hydroxylation is 1. The van der Waals surface area contributed by atoms with Gasteiger partial charge in [-0.1, -0.05) is 11.4 Å². The summed E-state index contributed by atoms with van der Waals surface area (Å²) in [6.07, 6.45) is 0.741. The molecule has 0 bridgehead atoms. The second kappa shape index (κ2) is 2.98. The van der Waals surface area contributed by atoms with E-state index in [1.165, 1.54) is 11.5 Å². The van der Waals surface area contributed by atoms with E-state index < -0.39 is 0 Å². The van der Waals surface area contributed by atoms with Crippen LogP contribution in [0.5, 0.6) is 0 Å². The van der Waals surface area contributed by atoms with Gasteiger partial charge < -0.3 is 4.42 Å².